The summed E-state index contributed by atoms with van der Waals surface area (Å²) in [5.74, 6) is 0.259. The summed E-state index contributed by atoms with van der Waals surface area (Å²) in [6.07, 6.45) is 0. The van der Waals surface area contributed by atoms with Crippen LogP contribution in [0.2, 0.25) is 0 Å². The quantitative estimate of drug-likeness (QED) is 0.804. The molecule has 0 saturated heterocycles. The third-order valence-corrected chi connectivity index (χ3v) is 3.52. The number of amides is 2. The van der Waals surface area contributed by atoms with E-state index in [-0.39, 0.29) is 23.7 Å². The molecule has 1 atom stereocenters. The first-order chi connectivity index (χ1) is 10.3. The minimum atomic E-state index is -0.0986. The molecule has 122 valence electrons. The van der Waals surface area contributed by atoms with E-state index >= 15 is 0 Å². The summed E-state index contributed by atoms with van der Waals surface area (Å²) >= 11 is 0. The number of hydrogen-bond donors (Lipinski definition) is 2. The van der Waals surface area contributed by atoms with Crippen LogP contribution >= 0.6 is 0 Å². The predicted octanol–water partition coefficient (Wildman–Crippen LogP) is 1.63. The van der Waals surface area contributed by atoms with Gasteiger partial charge in [0.1, 0.15) is 0 Å². The molecule has 0 heterocycles. The monoisotopic (exact) mass is 305 g/mol. The molecule has 1 rings (SSSR count). The molecule has 0 bridgehead atoms. The minimum Gasteiger partial charge on any atom is -0.352 e. The lowest BCUT2D eigenvalue weighted by molar-refractivity contribution is -0.133. The highest BCUT2D eigenvalue weighted by atomic mass is 16.2. The van der Waals surface area contributed by atoms with Gasteiger partial charge in [0.15, 0.2) is 0 Å². The van der Waals surface area contributed by atoms with Crippen LogP contribution in [-0.2, 0) is 11.3 Å². The molecule has 1 aromatic carbocycles. The van der Waals surface area contributed by atoms with E-state index in [9.17, 15) is 9.59 Å². The maximum Gasteiger partial charge on any atom is 0.251 e. The molecule has 0 radical (unpaired) electrons. The Labute approximate surface area is 132 Å². The SMILES string of the molecule is CC(CN)CNC(=O)c1ccc(CN(C)C(=O)C(C)C)cc1. The van der Waals surface area contributed by atoms with Gasteiger partial charge in [0.25, 0.3) is 5.91 Å². The van der Waals surface area contributed by atoms with Gasteiger partial charge in [-0.2, -0.15) is 0 Å². The molecule has 1 unspecified atom stereocenters. The number of nitrogens with zero attached hydrogens (tertiary/aromatic N) is 1. The lowest BCUT2D eigenvalue weighted by Gasteiger charge is -2.19. The summed E-state index contributed by atoms with van der Waals surface area (Å²) in [6, 6.07) is 7.33. The van der Waals surface area contributed by atoms with Gasteiger partial charge in [-0.15, -0.1) is 0 Å². The van der Waals surface area contributed by atoms with Crippen molar-refractivity contribution in [1.29, 1.82) is 0 Å². The highest BCUT2D eigenvalue weighted by Gasteiger charge is 2.13. The molecular weight excluding hydrogens is 278 g/mol. The van der Waals surface area contributed by atoms with E-state index in [2.05, 4.69) is 5.32 Å². The summed E-state index contributed by atoms with van der Waals surface area (Å²) in [6.45, 7) is 7.43. The zero-order valence-electron chi connectivity index (χ0n) is 13.9. The molecule has 5 heteroatoms. The first-order valence-corrected chi connectivity index (χ1v) is 7.67. The van der Waals surface area contributed by atoms with Gasteiger partial charge < -0.3 is 16.0 Å². The topological polar surface area (TPSA) is 75.4 Å². The van der Waals surface area contributed by atoms with E-state index in [1.165, 1.54) is 0 Å². The van der Waals surface area contributed by atoms with Crippen molar-refractivity contribution >= 4 is 11.8 Å². The van der Waals surface area contributed by atoms with Crippen molar-refractivity contribution in [2.24, 2.45) is 17.6 Å². The van der Waals surface area contributed by atoms with Crippen LogP contribution in [0.1, 0.15) is 36.7 Å². The van der Waals surface area contributed by atoms with Crippen LogP contribution in [0, 0.1) is 11.8 Å². The summed E-state index contributed by atoms with van der Waals surface area (Å²) in [4.78, 5) is 25.5. The van der Waals surface area contributed by atoms with E-state index < -0.39 is 0 Å². The molecule has 22 heavy (non-hydrogen) atoms. The van der Waals surface area contributed by atoms with E-state index in [1.54, 1.807) is 24.1 Å². The van der Waals surface area contributed by atoms with Gasteiger partial charge in [0.05, 0.1) is 0 Å². The molecule has 1 aromatic rings. The second kappa shape index (κ2) is 8.54. The van der Waals surface area contributed by atoms with Crippen molar-refractivity contribution in [2.75, 3.05) is 20.1 Å². The first-order valence-electron chi connectivity index (χ1n) is 7.67. The van der Waals surface area contributed by atoms with Crippen molar-refractivity contribution < 1.29 is 9.59 Å². The minimum absolute atomic E-state index is 0.0143. The molecule has 0 saturated carbocycles. The van der Waals surface area contributed by atoms with E-state index in [0.29, 0.717) is 25.2 Å². The standard InChI is InChI=1S/C17H27N3O2/c1-12(2)17(22)20(4)11-14-5-7-15(8-6-14)16(21)19-10-13(3)9-18/h5-8,12-13H,9-11,18H2,1-4H3,(H,19,21). The lowest BCUT2D eigenvalue weighted by Crippen LogP contribution is -2.31. The van der Waals surface area contributed by atoms with E-state index in [0.717, 1.165) is 5.56 Å². The molecular formula is C17H27N3O2. The number of nitrogens with two attached hydrogens (primary N) is 1. The Morgan fingerprint density at radius 2 is 1.77 bits per heavy atom. The highest BCUT2D eigenvalue weighted by molar-refractivity contribution is 5.94. The number of carbonyl (C=O) groups excluding carboxylic acids is 2. The van der Waals surface area contributed by atoms with Crippen molar-refractivity contribution in [1.82, 2.24) is 10.2 Å². The van der Waals surface area contributed by atoms with Crippen LogP contribution in [0.3, 0.4) is 0 Å². The fourth-order valence-corrected chi connectivity index (χ4v) is 2.01. The summed E-state index contributed by atoms with van der Waals surface area (Å²) < 4.78 is 0. The Morgan fingerprint density at radius 1 is 1.18 bits per heavy atom. The lowest BCUT2D eigenvalue weighted by atomic mass is 10.1. The Morgan fingerprint density at radius 3 is 2.27 bits per heavy atom. The molecule has 2 amide bonds. The molecule has 0 fully saturated rings. The highest BCUT2D eigenvalue weighted by Crippen LogP contribution is 2.09. The van der Waals surface area contributed by atoms with E-state index in [1.807, 2.05) is 32.9 Å². The number of rotatable bonds is 7. The van der Waals surface area contributed by atoms with Gasteiger partial charge in [-0.1, -0.05) is 32.9 Å². The largest absolute Gasteiger partial charge is 0.352 e. The van der Waals surface area contributed by atoms with Crippen LogP contribution in [-0.4, -0.2) is 36.9 Å². The number of hydrogen-bond acceptors (Lipinski definition) is 3. The molecule has 0 aromatic heterocycles. The third kappa shape index (κ3) is 5.48. The van der Waals surface area contributed by atoms with Crippen LogP contribution in [0.5, 0.6) is 0 Å². The van der Waals surface area contributed by atoms with Crippen LogP contribution in [0.4, 0.5) is 0 Å². The molecule has 3 N–H and O–H groups in total. The van der Waals surface area contributed by atoms with Gasteiger partial charge in [-0.25, -0.2) is 0 Å². The zero-order chi connectivity index (χ0) is 16.7. The van der Waals surface area contributed by atoms with Gasteiger partial charge >= 0.3 is 0 Å². The van der Waals surface area contributed by atoms with Gasteiger partial charge in [-0.05, 0) is 30.2 Å². The van der Waals surface area contributed by atoms with Gasteiger partial charge in [0.2, 0.25) is 5.91 Å². The Hall–Kier alpha value is -1.88. The molecule has 0 spiro atoms. The fourth-order valence-electron chi connectivity index (χ4n) is 2.01. The molecule has 0 aliphatic heterocycles. The summed E-state index contributed by atoms with van der Waals surface area (Å²) in [5.41, 5.74) is 7.14. The Bertz CT molecular complexity index is 497. The summed E-state index contributed by atoms with van der Waals surface area (Å²) in [7, 11) is 1.79. The Balaban J connectivity index is 2.59. The van der Waals surface area contributed by atoms with Crippen LogP contribution in [0.15, 0.2) is 24.3 Å². The Kier molecular flexibility index (Phi) is 7.05. The van der Waals surface area contributed by atoms with Crippen LogP contribution < -0.4 is 11.1 Å². The normalized spacial score (nSPS) is 12.1. The second-order valence-corrected chi connectivity index (χ2v) is 6.10. The molecule has 5 nitrogen and oxygen atoms in total. The third-order valence-electron chi connectivity index (χ3n) is 3.52. The van der Waals surface area contributed by atoms with Crippen LogP contribution in [0.25, 0.3) is 0 Å². The number of carbonyl (C=O) groups is 2. The number of nitrogens with one attached hydrogen (secondary N) is 1. The maximum atomic E-state index is 12.0. The smallest absolute Gasteiger partial charge is 0.251 e. The molecule has 0 aliphatic rings. The molecule has 0 aliphatic carbocycles. The second-order valence-electron chi connectivity index (χ2n) is 6.10. The van der Waals surface area contributed by atoms with E-state index in [4.69, 9.17) is 5.73 Å². The zero-order valence-corrected chi connectivity index (χ0v) is 13.9. The average molecular weight is 305 g/mol. The first kappa shape index (κ1) is 18.2. The van der Waals surface area contributed by atoms with Gasteiger partial charge in [-0.3, -0.25) is 9.59 Å². The average Bonchev–Trinajstić information content (AvgIpc) is 2.51. The van der Waals surface area contributed by atoms with Gasteiger partial charge in [0, 0.05) is 31.6 Å². The number of benzene rings is 1. The van der Waals surface area contributed by atoms with Crippen molar-refractivity contribution in [3.05, 3.63) is 35.4 Å². The fraction of sp³-hybridized carbons (Fsp3) is 0.529. The van der Waals surface area contributed by atoms with Crippen molar-refractivity contribution in [3.63, 3.8) is 0 Å². The maximum absolute atomic E-state index is 12.0. The van der Waals surface area contributed by atoms with Crippen molar-refractivity contribution in [2.45, 2.75) is 27.3 Å². The summed E-state index contributed by atoms with van der Waals surface area (Å²) in [5, 5.41) is 2.86. The van der Waals surface area contributed by atoms with Crippen molar-refractivity contribution in [3.8, 4) is 0 Å². The predicted molar refractivity (Wildman–Crippen MR) is 88.3 cm³/mol.